The molecule has 300 valence electrons. The van der Waals surface area contributed by atoms with Crippen LogP contribution in [-0.4, -0.2) is 179 Å². The lowest BCUT2D eigenvalue weighted by atomic mass is 10.1. The molecule has 0 aliphatic carbocycles. The molecule has 1 fully saturated rings. The van der Waals surface area contributed by atoms with Gasteiger partial charge in [0.2, 0.25) is 11.8 Å². The molecular weight excluding hydrogens is 706 g/mol. The number of carboxylic acid groups (broad SMARTS) is 1. The fraction of sp³-hybridized carbons (Fsp3) is 0.848. The molecule has 2 heterocycles. The summed E-state index contributed by atoms with van der Waals surface area (Å²) in [7, 11) is 0. The predicted molar refractivity (Wildman–Crippen MR) is 189 cm³/mol. The topological polar surface area (TPSA) is 214 Å². The molecule has 2 rings (SSSR count). The minimum absolute atomic E-state index is 0.0000479. The van der Waals surface area contributed by atoms with Gasteiger partial charge in [0.05, 0.1) is 137 Å². The van der Waals surface area contributed by atoms with Crippen LogP contribution in [0.5, 0.6) is 0 Å². The molecule has 1 aliphatic heterocycles. The molecule has 1 aliphatic rings. The lowest BCUT2D eigenvalue weighted by molar-refractivity contribution is -0.139. The number of rotatable bonds is 36. The molecule has 0 bridgehead atoms. The van der Waals surface area contributed by atoms with E-state index in [4.69, 9.17) is 53.5 Å². The van der Waals surface area contributed by atoms with E-state index < -0.39 is 17.3 Å². The Kier molecular flexibility index (Phi) is 26.5. The summed E-state index contributed by atoms with van der Waals surface area (Å²) in [4.78, 5) is 36.9. The second kappa shape index (κ2) is 30.1. The van der Waals surface area contributed by atoms with Crippen LogP contribution in [0, 0.1) is 5.92 Å². The summed E-state index contributed by atoms with van der Waals surface area (Å²) in [5.41, 5.74) is 5.95. The molecule has 0 aromatic carbocycles. The number of hydrogen-bond donors (Lipinski definition) is 2. The zero-order valence-electron chi connectivity index (χ0n) is 30.7. The van der Waals surface area contributed by atoms with E-state index >= 15 is 0 Å². The summed E-state index contributed by atoms with van der Waals surface area (Å²) >= 11 is 1.07. The molecule has 2 atom stereocenters. The summed E-state index contributed by atoms with van der Waals surface area (Å²) in [5.74, 6) is -1.18. The highest BCUT2D eigenvalue weighted by atomic mass is 32.2. The molecule has 19 heteroatoms. The van der Waals surface area contributed by atoms with E-state index in [0.29, 0.717) is 130 Å². The fourth-order valence-electron chi connectivity index (χ4n) is 4.26. The van der Waals surface area contributed by atoms with E-state index in [9.17, 15) is 14.4 Å². The van der Waals surface area contributed by atoms with Crippen LogP contribution in [0.25, 0.3) is 0 Å². The number of nitrogens with two attached hydrogens (primary N) is 1. The van der Waals surface area contributed by atoms with Gasteiger partial charge in [0.25, 0.3) is 0 Å². The van der Waals surface area contributed by atoms with Crippen LogP contribution in [0.15, 0.2) is 6.20 Å². The zero-order chi connectivity index (χ0) is 37.7. The van der Waals surface area contributed by atoms with Gasteiger partial charge in [-0.15, -0.1) is 16.9 Å². The molecular formula is C33H59N5O13S. The maximum atomic E-state index is 12.6. The summed E-state index contributed by atoms with van der Waals surface area (Å²) in [5, 5.41) is 16.3. The van der Waals surface area contributed by atoms with Crippen molar-refractivity contribution in [1.82, 2.24) is 19.9 Å². The monoisotopic (exact) mass is 765 g/mol. The van der Waals surface area contributed by atoms with Gasteiger partial charge < -0.3 is 53.5 Å². The van der Waals surface area contributed by atoms with Crippen LogP contribution in [0.1, 0.15) is 32.4 Å². The summed E-state index contributed by atoms with van der Waals surface area (Å²) < 4.78 is 51.0. The molecule has 18 nitrogen and oxygen atoms in total. The summed E-state index contributed by atoms with van der Waals surface area (Å²) in [6, 6.07) is -1.10. The summed E-state index contributed by atoms with van der Waals surface area (Å²) in [6.07, 6.45) is 2.72. The Morgan fingerprint density at radius 3 is 1.62 bits per heavy atom. The number of carboxylic acids is 1. The Balaban J connectivity index is 1.29. The number of imide groups is 1. The van der Waals surface area contributed by atoms with E-state index in [1.807, 2.05) is 0 Å². The van der Waals surface area contributed by atoms with E-state index in [1.165, 1.54) is 0 Å². The Labute approximate surface area is 310 Å². The van der Waals surface area contributed by atoms with Crippen LogP contribution in [0.2, 0.25) is 0 Å². The first-order valence-electron chi connectivity index (χ1n) is 17.8. The van der Waals surface area contributed by atoms with E-state index in [2.05, 4.69) is 24.2 Å². The predicted octanol–water partition coefficient (Wildman–Crippen LogP) is 0.246. The van der Waals surface area contributed by atoms with Crippen molar-refractivity contribution in [2.24, 2.45) is 11.7 Å². The fourth-order valence-corrected chi connectivity index (χ4v) is 5.37. The van der Waals surface area contributed by atoms with Gasteiger partial charge in [0, 0.05) is 18.8 Å². The van der Waals surface area contributed by atoms with Gasteiger partial charge in [-0.25, -0.2) is 4.68 Å². The van der Waals surface area contributed by atoms with E-state index in [0.717, 1.165) is 29.7 Å². The van der Waals surface area contributed by atoms with Gasteiger partial charge in [-0.05, 0) is 12.3 Å². The van der Waals surface area contributed by atoms with Gasteiger partial charge in [-0.1, -0.05) is 19.1 Å². The van der Waals surface area contributed by atoms with Gasteiger partial charge in [-0.3, -0.25) is 19.3 Å². The molecule has 1 aromatic heterocycles. The number of hydrogen-bond acceptors (Lipinski definition) is 16. The van der Waals surface area contributed by atoms with Crippen molar-refractivity contribution >= 4 is 29.5 Å². The minimum atomic E-state index is -1.15. The lowest BCUT2D eigenvalue weighted by Crippen LogP contribution is -2.34. The largest absolute Gasteiger partial charge is 0.480 e. The molecule has 0 radical (unpaired) electrons. The number of thioether (sulfide) groups is 1. The van der Waals surface area contributed by atoms with E-state index in [-0.39, 0.29) is 30.5 Å². The number of aromatic nitrogens is 3. The number of amides is 2. The Hall–Kier alpha value is -2.30. The molecule has 1 saturated heterocycles. The average Bonchev–Trinajstić information content (AvgIpc) is 3.68. The van der Waals surface area contributed by atoms with Crippen LogP contribution in [-0.2, 0) is 70.1 Å². The van der Waals surface area contributed by atoms with Crippen molar-refractivity contribution in [3.05, 3.63) is 11.9 Å². The summed E-state index contributed by atoms with van der Waals surface area (Å²) in [6.45, 7) is 13.8. The number of carbonyl (C=O) groups is 3. The third-order valence-electron chi connectivity index (χ3n) is 7.18. The molecule has 2 amide bonds. The number of aliphatic carboxylic acids is 1. The molecule has 2 unspecified atom stereocenters. The van der Waals surface area contributed by atoms with Gasteiger partial charge in [-0.2, -0.15) is 0 Å². The third-order valence-corrected chi connectivity index (χ3v) is 8.51. The van der Waals surface area contributed by atoms with Crippen LogP contribution >= 0.6 is 11.8 Å². The number of carbonyl (C=O) groups excluding carboxylic acids is 2. The van der Waals surface area contributed by atoms with Crippen LogP contribution < -0.4 is 5.73 Å². The highest BCUT2D eigenvalue weighted by molar-refractivity contribution is 8.00. The van der Waals surface area contributed by atoms with Crippen molar-refractivity contribution in [3.63, 3.8) is 0 Å². The Morgan fingerprint density at radius 2 is 1.19 bits per heavy atom. The molecule has 1 aromatic rings. The number of likely N-dealkylation sites (tertiary alicyclic amines) is 1. The van der Waals surface area contributed by atoms with Crippen molar-refractivity contribution < 1.29 is 62.1 Å². The van der Waals surface area contributed by atoms with Crippen molar-refractivity contribution in [2.45, 2.75) is 51.1 Å². The molecule has 0 saturated carbocycles. The van der Waals surface area contributed by atoms with Crippen LogP contribution in [0.3, 0.4) is 0 Å². The highest BCUT2D eigenvalue weighted by Crippen LogP contribution is 2.26. The molecule has 0 spiro atoms. The molecule has 52 heavy (non-hydrogen) atoms. The van der Waals surface area contributed by atoms with Crippen molar-refractivity contribution in [2.75, 3.05) is 125 Å². The van der Waals surface area contributed by atoms with Gasteiger partial charge in [0.1, 0.15) is 11.7 Å². The first-order valence-corrected chi connectivity index (χ1v) is 18.9. The van der Waals surface area contributed by atoms with Gasteiger partial charge >= 0.3 is 5.97 Å². The quantitative estimate of drug-likeness (QED) is 0.0692. The van der Waals surface area contributed by atoms with Crippen molar-refractivity contribution in [1.29, 1.82) is 0 Å². The first-order chi connectivity index (χ1) is 25.3. The SMILES string of the molecule is CC(C)CCOCCOCCOCCOCCOCCOCCOCCOCCOCCn1cc(CN2C(=O)CC(SCC(N)C(=O)O)C2=O)nn1. The van der Waals surface area contributed by atoms with Crippen molar-refractivity contribution in [3.8, 4) is 0 Å². The van der Waals surface area contributed by atoms with Gasteiger partial charge in [0.15, 0.2) is 0 Å². The molecule has 3 N–H and O–H groups in total. The minimum Gasteiger partial charge on any atom is -0.480 e. The van der Waals surface area contributed by atoms with E-state index in [1.54, 1.807) is 10.9 Å². The maximum Gasteiger partial charge on any atom is 0.321 e. The Bertz CT molecular complexity index is 1090. The van der Waals surface area contributed by atoms with Crippen LogP contribution in [0.4, 0.5) is 0 Å². The first kappa shape index (κ1) is 45.9. The standard InChI is InChI=1S/C33H59N5O13S/c1-27(2)3-5-43-7-9-45-11-13-47-15-17-49-19-21-51-22-20-50-18-16-48-14-12-46-10-8-44-6-4-37-24-28(35-36-37)25-38-31(39)23-30(32(38)40)52-26-29(34)33(41)42/h24,27,29-30H,3-23,25-26,34H2,1-2H3,(H,41,42). The number of nitrogens with zero attached hydrogens (tertiary/aromatic N) is 4. The normalized spacial score (nSPS) is 15.4. The Morgan fingerprint density at radius 1 is 0.769 bits per heavy atom. The smallest absolute Gasteiger partial charge is 0.321 e. The number of ether oxygens (including phenoxy) is 9. The average molecular weight is 766 g/mol. The second-order valence-corrected chi connectivity index (χ2v) is 13.2. The zero-order valence-corrected chi connectivity index (χ0v) is 31.5. The maximum absolute atomic E-state index is 12.6. The highest BCUT2D eigenvalue weighted by Gasteiger charge is 2.39. The second-order valence-electron chi connectivity index (χ2n) is 12.0. The third kappa shape index (κ3) is 22.7. The lowest BCUT2D eigenvalue weighted by Gasteiger charge is -2.13.